The number of rotatable bonds is 1. The summed E-state index contributed by atoms with van der Waals surface area (Å²) >= 11 is 0. The lowest BCUT2D eigenvalue weighted by atomic mass is 9.86. The maximum atomic E-state index is 11.6. The third-order valence-electron chi connectivity index (χ3n) is 2.97. The fourth-order valence-electron chi connectivity index (χ4n) is 2.01. The standard InChI is InChI=1S/C12H15NO2/c1-12(11(14)15-2)7-9-5-3-4-6-10(9)8-13-12/h3-6,13H,7-8H2,1-2H3. The van der Waals surface area contributed by atoms with Crippen LogP contribution < -0.4 is 5.32 Å². The summed E-state index contributed by atoms with van der Waals surface area (Å²) in [5, 5.41) is 3.23. The number of hydrogen-bond acceptors (Lipinski definition) is 3. The van der Waals surface area contributed by atoms with Crippen LogP contribution in [0.1, 0.15) is 18.1 Å². The minimum absolute atomic E-state index is 0.197. The molecule has 0 bridgehead atoms. The van der Waals surface area contributed by atoms with E-state index in [-0.39, 0.29) is 5.97 Å². The van der Waals surface area contributed by atoms with E-state index in [1.807, 2.05) is 19.1 Å². The Bertz CT molecular complexity index is 389. The molecule has 1 heterocycles. The van der Waals surface area contributed by atoms with Crippen LogP contribution in [-0.2, 0) is 22.5 Å². The molecule has 1 aliphatic rings. The molecule has 1 unspecified atom stereocenters. The summed E-state index contributed by atoms with van der Waals surface area (Å²) in [7, 11) is 1.43. The van der Waals surface area contributed by atoms with E-state index in [0.717, 1.165) is 6.54 Å². The second kappa shape index (κ2) is 3.66. The Labute approximate surface area is 89.4 Å². The minimum Gasteiger partial charge on any atom is -0.468 e. The lowest BCUT2D eigenvalue weighted by Crippen LogP contribution is -2.54. The van der Waals surface area contributed by atoms with Crippen LogP contribution in [0.2, 0.25) is 0 Å². The van der Waals surface area contributed by atoms with Crippen molar-refractivity contribution < 1.29 is 9.53 Å². The lowest BCUT2D eigenvalue weighted by molar-refractivity contribution is -0.148. The highest BCUT2D eigenvalue weighted by molar-refractivity contribution is 5.81. The van der Waals surface area contributed by atoms with Crippen LogP contribution in [0.3, 0.4) is 0 Å². The van der Waals surface area contributed by atoms with Crippen molar-refractivity contribution in [1.29, 1.82) is 0 Å². The van der Waals surface area contributed by atoms with Gasteiger partial charge in [0, 0.05) is 13.0 Å². The predicted molar refractivity (Wildman–Crippen MR) is 57.4 cm³/mol. The van der Waals surface area contributed by atoms with Crippen molar-refractivity contribution in [3.63, 3.8) is 0 Å². The van der Waals surface area contributed by atoms with Crippen molar-refractivity contribution in [2.75, 3.05) is 7.11 Å². The summed E-state index contributed by atoms with van der Waals surface area (Å²) in [6.45, 7) is 2.61. The summed E-state index contributed by atoms with van der Waals surface area (Å²) in [6, 6.07) is 8.17. The number of ether oxygens (including phenoxy) is 1. The predicted octanol–water partition coefficient (Wildman–Crippen LogP) is 1.26. The molecule has 1 aromatic carbocycles. The third-order valence-corrected chi connectivity index (χ3v) is 2.97. The quantitative estimate of drug-likeness (QED) is 0.701. The largest absolute Gasteiger partial charge is 0.468 e. The highest BCUT2D eigenvalue weighted by Crippen LogP contribution is 2.23. The van der Waals surface area contributed by atoms with E-state index >= 15 is 0 Å². The van der Waals surface area contributed by atoms with Crippen molar-refractivity contribution in [1.82, 2.24) is 5.32 Å². The van der Waals surface area contributed by atoms with Crippen molar-refractivity contribution in [2.45, 2.75) is 25.4 Å². The molecule has 1 atom stereocenters. The number of carbonyl (C=O) groups is 1. The fraction of sp³-hybridized carbons (Fsp3) is 0.417. The van der Waals surface area contributed by atoms with Gasteiger partial charge in [-0.15, -0.1) is 0 Å². The first-order valence-electron chi connectivity index (χ1n) is 5.06. The number of methoxy groups -OCH3 is 1. The first kappa shape index (κ1) is 10.2. The van der Waals surface area contributed by atoms with Gasteiger partial charge in [-0.2, -0.15) is 0 Å². The molecule has 0 aliphatic carbocycles. The van der Waals surface area contributed by atoms with E-state index < -0.39 is 5.54 Å². The minimum atomic E-state index is -0.580. The van der Waals surface area contributed by atoms with Crippen LogP contribution in [0.5, 0.6) is 0 Å². The maximum Gasteiger partial charge on any atom is 0.326 e. The monoisotopic (exact) mass is 205 g/mol. The van der Waals surface area contributed by atoms with E-state index in [4.69, 9.17) is 4.74 Å². The van der Waals surface area contributed by atoms with Gasteiger partial charge in [-0.25, -0.2) is 0 Å². The van der Waals surface area contributed by atoms with E-state index in [9.17, 15) is 4.79 Å². The van der Waals surface area contributed by atoms with Crippen LogP contribution in [0, 0.1) is 0 Å². The van der Waals surface area contributed by atoms with Crippen molar-refractivity contribution >= 4 is 5.97 Å². The van der Waals surface area contributed by atoms with Gasteiger partial charge in [0.15, 0.2) is 0 Å². The van der Waals surface area contributed by atoms with Gasteiger partial charge in [0.05, 0.1) is 7.11 Å². The second-order valence-corrected chi connectivity index (χ2v) is 4.12. The zero-order valence-corrected chi connectivity index (χ0v) is 9.04. The Kier molecular flexibility index (Phi) is 2.49. The average Bonchev–Trinajstić information content (AvgIpc) is 2.27. The molecule has 15 heavy (non-hydrogen) atoms. The van der Waals surface area contributed by atoms with Gasteiger partial charge >= 0.3 is 5.97 Å². The van der Waals surface area contributed by atoms with Crippen LogP contribution in [0.25, 0.3) is 0 Å². The number of nitrogens with one attached hydrogen (secondary N) is 1. The summed E-state index contributed by atoms with van der Waals surface area (Å²) in [4.78, 5) is 11.6. The highest BCUT2D eigenvalue weighted by Gasteiger charge is 2.37. The van der Waals surface area contributed by atoms with E-state index in [1.54, 1.807) is 0 Å². The number of carbonyl (C=O) groups excluding carboxylic acids is 1. The number of hydrogen-bond donors (Lipinski definition) is 1. The van der Waals surface area contributed by atoms with Gasteiger partial charge in [-0.05, 0) is 18.1 Å². The molecule has 1 N–H and O–H groups in total. The number of fused-ring (bicyclic) bond motifs is 1. The fourth-order valence-corrected chi connectivity index (χ4v) is 2.01. The molecule has 80 valence electrons. The molecule has 3 nitrogen and oxygen atoms in total. The molecule has 0 spiro atoms. The van der Waals surface area contributed by atoms with Crippen LogP contribution in [0.4, 0.5) is 0 Å². The smallest absolute Gasteiger partial charge is 0.326 e. The molecule has 0 fully saturated rings. The lowest BCUT2D eigenvalue weighted by Gasteiger charge is -2.33. The molecular weight excluding hydrogens is 190 g/mol. The molecule has 1 aliphatic heterocycles. The maximum absolute atomic E-state index is 11.6. The molecule has 0 amide bonds. The molecule has 0 saturated heterocycles. The van der Waals surface area contributed by atoms with Crippen molar-refractivity contribution in [2.24, 2.45) is 0 Å². The summed E-state index contributed by atoms with van der Waals surface area (Å²) in [5.41, 5.74) is 1.91. The Hall–Kier alpha value is -1.35. The Morgan fingerprint density at radius 2 is 2.07 bits per heavy atom. The van der Waals surface area contributed by atoms with Gasteiger partial charge in [0.25, 0.3) is 0 Å². The van der Waals surface area contributed by atoms with Gasteiger partial charge in [-0.1, -0.05) is 24.3 Å². The summed E-state index contributed by atoms with van der Waals surface area (Å²) < 4.78 is 4.81. The van der Waals surface area contributed by atoms with E-state index in [0.29, 0.717) is 6.42 Å². The molecular formula is C12H15NO2. The third kappa shape index (κ3) is 1.75. The summed E-state index contributed by atoms with van der Waals surface area (Å²) in [5.74, 6) is -0.197. The first-order chi connectivity index (χ1) is 7.15. The molecule has 2 rings (SSSR count). The molecule has 3 heteroatoms. The Morgan fingerprint density at radius 1 is 1.40 bits per heavy atom. The van der Waals surface area contributed by atoms with Crippen molar-refractivity contribution in [3.05, 3.63) is 35.4 Å². The van der Waals surface area contributed by atoms with E-state index in [2.05, 4.69) is 17.4 Å². The van der Waals surface area contributed by atoms with Crippen LogP contribution >= 0.6 is 0 Å². The average molecular weight is 205 g/mol. The summed E-state index contributed by atoms with van der Waals surface area (Å²) in [6.07, 6.45) is 0.690. The zero-order valence-electron chi connectivity index (χ0n) is 9.04. The molecule has 0 saturated carbocycles. The first-order valence-corrected chi connectivity index (χ1v) is 5.06. The van der Waals surface area contributed by atoms with E-state index in [1.165, 1.54) is 18.2 Å². The molecule has 0 radical (unpaired) electrons. The highest BCUT2D eigenvalue weighted by atomic mass is 16.5. The normalized spacial score (nSPS) is 24.4. The topological polar surface area (TPSA) is 38.3 Å². The second-order valence-electron chi connectivity index (χ2n) is 4.12. The Balaban J connectivity index is 2.28. The molecule has 0 aromatic heterocycles. The SMILES string of the molecule is COC(=O)C1(C)Cc2ccccc2CN1. The Morgan fingerprint density at radius 3 is 2.73 bits per heavy atom. The van der Waals surface area contributed by atoms with Crippen molar-refractivity contribution in [3.8, 4) is 0 Å². The zero-order chi connectivity index (χ0) is 10.9. The van der Waals surface area contributed by atoms with Gasteiger partial charge < -0.3 is 4.74 Å². The molecule has 1 aromatic rings. The number of esters is 1. The van der Waals surface area contributed by atoms with Gasteiger partial charge in [0.2, 0.25) is 0 Å². The number of benzene rings is 1. The van der Waals surface area contributed by atoms with Crippen LogP contribution in [0.15, 0.2) is 24.3 Å². The van der Waals surface area contributed by atoms with Gasteiger partial charge in [0.1, 0.15) is 5.54 Å². The van der Waals surface area contributed by atoms with Gasteiger partial charge in [-0.3, -0.25) is 10.1 Å². The van der Waals surface area contributed by atoms with Crippen LogP contribution in [-0.4, -0.2) is 18.6 Å².